The number of anilines is 1. The van der Waals surface area contributed by atoms with Gasteiger partial charge < -0.3 is 10.4 Å². The molecule has 0 atom stereocenters. The minimum Gasteiger partial charge on any atom is -0.478 e. The molecule has 1 aromatic carbocycles. The van der Waals surface area contributed by atoms with Crippen molar-refractivity contribution in [2.45, 2.75) is 0 Å². The Bertz CT molecular complexity index is 672. The Balaban J connectivity index is 2.21. The van der Waals surface area contributed by atoms with Gasteiger partial charge in [-0.3, -0.25) is 4.79 Å². The van der Waals surface area contributed by atoms with Crippen LogP contribution >= 0.6 is 23.2 Å². The van der Waals surface area contributed by atoms with E-state index in [2.05, 4.69) is 10.3 Å². The van der Waals surface area contributed by atoms with E-state index in [0.717, 1.165) is 0 Å². The summed E-state index contributed by atoms with van der Waals surface area (Å²) < 4.78 is 0. The average molecular weight is 311 g/mol. The number of hydrogen-bond donors (Lipinski definition) is 2. The zero-order valence-corrected chi connectivity index (χ0v) is 11.4. The van der Waals surface area contributed by atoms with Crippen LogP contribution in [-0.2, 0) is 0 Å². The molecule has 1 heterocycles. The normalized spacial score (nSPS) is 10.1. The first-order valence-corrected chi connectivity index (χ1v) is 6.18. The largest absolute Gasteiger partial charge is 0.478 e. The van der Waals surface area contributed by atoms with Gasteiger partial charge in [-0.1, -0.05) is 23.2 Å². The van der Waals surface area contributed by atoms with Gasteiger partial charge in [-0.05, 0) is 30.3 Å². The summed E-state index contributed by atoms with van der Waals surface area (Å²) in [6.07, 6.45) is 1.35. The van der Waals surface area contributed by atoms with E-state index in [1.54, 1.807) is 0 Å². The lowest BCUT2D eigenvalue weighted by Crippen LogP contribution is -2.14. The van der Waals surface area contributed by atoms with Gasteiger partial charge in [-0.15, -0.1) is 0 Å². The first kappa shape index (κ1) is 14.3. The molecule has 5 nitrogen and oxygen atoms in total. The molecule has 20 heavy (non-hydrogen) atoms. The van der Waals surface area contributed by atoms with Gasteiger partial charge in [0.15, 0.2) is 0 Å². The van der Waals surface area contributed by atoms with Crippen molar-refractivity contribution in [3.05, 3.63) is 57.8 Å². The van der Waals surface area contributed by atoms with Crippen LogP contribution in [0.15, 0.2) is 36.5 Å². The predicted octanol–water partition coefficient (Wildman–Crippen LogP) is 3.34. The van der Waals surface area contributed by atoms with Crippen LogP contribution in [0.25, 0.3) is 0 Å². The quantitative estimate of drug-likeness (QED) is 0.911. The number of carboxylic acid groups (broad SMARTS) is 1. The highest BCUT2D eigenvalue weighted by Gasteiger charge is 2.12. The first-order chi connectivity index (χ1) is 9.47. The number of carbonyl (C=O) groups is 2. The average Bonchev–Trinajstić information content (AvgIpc) is 2.41. The fourth-order valence-electron chi connectivity index (χ4n) is 1.47. The number of nitrogens with one attached hydrogen (secondary N) is 1. The van der Waals surface area contributed by atoms with E-state index in [1.165, 1.54) is 36.5 Å². The van der Waals surface area contributed by atoms with Crippen molar-refractivity contribution in [3.8, 4) is 0 Å². The second kappa shape index (κ2) is 5.90. The molecular formula is C13H8Cl2N2O3. The maximum absolute atomic E-state index is 11.9. The van der Waals surface area contributed by atoms with Gasteiger partial charge >= 0.3 is 5.97 Å². The summed E-state index contributed by atoms with van der Waals surface area (Å²) in [5.74, 6) is -1.64. The molecule has 102 valence electrons. The molecule has 0 saturated heterocycles. The van der Waals surface area contributed by atoms with Crippen molar-refractivity contribution in [2.24, 2.45) is 0 Å². The molecule has 0 spiro atoms. The highest BCUT2D eigenvalue weighted by Crippen LogP contribution is 2.21. The van der Waals surface area contributed by atoms with Gasteiger partial charge in [0.25, 0.3) is 5.91 Å². The summed E-state index contributed by atoms with van der Waals surface area (Å²) in [7, 11) is 0. The van der Waals surface area contributed by atoms with Crippen molar-refractivity contribution < 1.29 is 14.7 Å². The molecule has 7 heteroatoms. The van der Waals surface area contributed by atoms with Gasteiger partial charge in [-0.2, -0.15) is 0 Å². The van der Waals surface area contributed by atoms with E-state index in [9.17, 15) is 9.59 Å². The molecule has 1 aromatic heterocycles. The third-order valence-corrected chi connectivity index (χ3v) is 2.97. The maximum Gasteiger partial charge on any atom is 0.337 e. The molecule has 2 rings (SSSR count). The molecule has 0 unspecified atom stereocenters. The molecule has 0 saturated carbocycles. The van der Waals surface area contributed by atoms with E-state index in [0.29, 0.717) is 10.7 Å². The lowest BCUT2D eigenvalue weighted by atomic mass is 10.2. The summed E-state index contributed by atoms with van der Waals surface area (Å²) in [5.41, 5.74) is 0.392. The minimum atomic E-state index is -1.17. The number of nitrogens with zero attached hydrogens (tertiary/aromatic N) is 1. The molecule has 0 bridgehead atoms. The van der Waals surface area contributed by atoms with E-state index in [4.69, 9.17) is 28.3 Å². The first-order valence-electron chi connectivity index (χ1n) is 5.43. The zero-order valence-electron chi connectivity index (χ0n) is 9.93. The standard InChI is InChI=1S/C13H8Cl2N2O3/c14-7-1-4-11(16-6-7)12(18)17-8-2-3-10(15)9(5-8)13(19)20/h1-6H,(H,17,18)(H,19,20). The summed E-state index contributed by atoms with van der Waals surface area (Å²) in [4.78, 5) is 26.7. The molecule has 0 aliphatic carbocycles. The fraction of sp³-hybridized carbons (Fsp3) is 0. The maximum atomic E-state index is 11.9. The van der Waals surface area contributed by atoms with Gasteiger partial charge in [0, 0.05) is 11.9 Å². The Morgan fingerprint density at radius 1 is 1.15 bits per heavy atom. The molecule has 0 fully saturated rings. The van der Waals surface area contributed by atoms with Crippen LogP contribution in [0.1, 0.15) is 20.8 Å². The SMILES string of the molecule is O=C(Nc1ccc(Cl)c(C(=O)O)c1)c1ccc(Cl)cn1. The molecule has 0 radical (unpaired) electrons. The fourth-order valence-corrected chi connectivity index (χ4v) is 1.78. The Hall–Kier alpha value is -2.11. The van der Waals surface area contributed by atoms with Crippen LogP contribution in [0.2, 0.25) is 10.0 Å². The Morgan fingerprint density at radius 3 is 2.50 bits per heavy atom. The molecule has 0 aliphatic rings. The zero-order chi connectivity index (χ0) is 14.7. The van der Waals surface area contributed by atoms with Crippen molar-refractivity contribution in [3.63, 3.8) is 0 Å². The summed E-state index contributed by atoms with van der Waals surface area (Å²) in [6.45, 7) is 0. The molecule has 2 N–H and O–H groups in total. The Labute approximate surface area is 124 Å². The van der Waals surface area contributed by atoms with Gasteiger partial charge in [-0.25, -0.2) is 9.78 Å². The van der Waals surface area contributed by atoms with Crippen molar-refractivity contribution in [1.29, 1.82) is 0 Å². The number of rotatable bonds is 3. The van der Waals surface area contributed by atoms with Crippen LogP contribution < -0.4 is 5.32 Å². The van der Waals surface area contributed by atoms with Crippen LogP contribution in [-0.4, -0.2) is 22.0 Å². The topological polar surface area (TPSA) is 79.3 Å². The number of aromatic carboxylic acids is 1. The van der Waals surface area contributed by atoms with Gasteiger partial charge in [0.05, 0.1) is 15.6 Å². The van der Waals surface area contributed by atoms with Crippen molar-refractivity contribution >= 4 is 40.8 Å². The lowest BCUT2D eigenvalue weighted by Gasteiger charge is -2.06. The van der Waals surface area contributed by atoms with Gasteiger partial charge in [0.2, 0.25) is 0 Å². The minimum absolute atomic E-state index is 0.0893. The van der Waals surface area contributed by atoms with E-state index < -0.39 is 11.9 Å². The van der Waals surface area contributed by atoms with Crippen molar-refractivity contribution in [1.82, 2.24) is 4.98 Å². The summed E-state index contributed by atoms with van der Waals surface area (Å²) in [6, 6.07) is 7.18. The summed E-state index contributed by atoms with van der Waals surface area (Å²) in [5, 5.41) is 12.0. The second-order valence-corrected chi connectivity index (χ2v) is 4.66. The number of hydrogen-bond acceptors (Lipinski definition) is 3. The van der Waals surface area contributed by atoms with Crippen molar-refractivity contribution in [2.75, 3.05) is 5.32 Å². The predicted molar refractivity (Wildman–Crippen MR) is 75.6 cm³/mol. The lowest BCUT2D eigenvalue weighted by molar-refractivity contribution is 0.0696. The van der Waals surface area contributed by atoms with Crippen LogP contribution in [0.4, 0.5) is 5.69 Å². The van der Waals surface area contributed by atoms with Crippen LogP contribution in [0.3, 0.4) is 0 Å². The third kappa shape index (κ3) is 3.26. The Kier molecular flexibility index (Phi) is 4.22. The summed E-state index contributed by atoms with van der Waals surface area (Å²) >= 11 is 11.4. The number of amides is 1. The van der Waals surface area contributed by atoms with E-state index >= 15 is 0 Å². The molecule has 0 aliphatic heterocycles. The number of pyridine rings is 1. The van der Waals surface area contributed by atoms with Crippen LogP contribution in [0.5, 0.6) is 0 Å². The number of aromatic nitrogens is 1. The second-order valence-electron chi connectivity index (χ2n) is 3.82. The molecule has 2 aromatic rings. The highest BCUT2D eigenvalue weighted by molar-refractivity contribution is 6.33. The Morgan fingerprint density at radius 2 is 1.90 bits per heavy atom. The number of benzene rings is 1. The smallest absolute Gasteiger partial charge is 0.337 e. The number of carboxylic acids is 1. The monoisotopic (exact) mass is 310 g/mol. The third-order valence-electron chi connectivity index (χ3n) is 2.41. The molecule has 1 amide bonds. The van der Waals surface area contributed by atoms with E-state index in [-0.39, 0.29) is 16.3 Å². The number of carbonyl (C=O) groups excluding carboxylic acids is 1. The highest BCUT2D eigenvalue weighted by atomic mass is 35.5. The van der Waals surface area contributed by atoms with Crippen LogP contribution in [0, 0.1) is 0 Å². The van der Waals surface area contributed by atoms with Gasteiger partial charge in [0.1, 0.15) is 5.69 Å². The van der Waals surface area contributed by atoms with E-state index in [1.807, 2.05) is 0 Å². The number of halogens is 2. The molecular weight excluding hydrogens is 303 g/mol.